The molecule has 3 heterocycles. The minimum Gasteiger partial charge on any atom is -0.493 e. The number of aryl methyl sites for hydroxylation is 1. The number of carbonyl (C=O) groups is 1. The van der Waals surface area contributed by atoms with Crippen LogP contribution in [0, 0.1) is 30.5 Å². The van der Waals surface area contributed by atoms with Crippen LogP contribution in [0.4, 0.5) is 14.9 Å². The molecule has 0 bridgehead atoms. The van der Waals surface area contributed by atoms with Gasteiger partial charge in [0.05, 0.1) is 54.3 Å². The molecule has 3 aromatic rings. The number of nitrogens with zero attached hydrogens (tertiary/aromatic N) is 3. The molecule has 2 fully saturated rings. The van der Waals surface area contributed by atoms with Crippen molar-refractivity contribution < 1.29 is 28.1 Å². The number of hydrogen-bond acceptors (Lipinski definition) is 8. The van der Waals surface area contributed by atoms with Crippen LogP contribution in [0.25, 0.3) is 10.9 Å². The summed E-state index contributed by atoms with van der Waals surface area (Å²) < 4.78 is 37.3. The number of hydrogen-bond donors (Lipinski definition) is 2. The summed E-state index contributed by atoms with van der Waals surface area (Å²) in [5, 5.41) is 5.76. The maximum absolute atomic E-state index is 14.1. The van der Waals surface area contributed by atoms with Gasteiger partial charge in [0, 0.05) is 24.6 Å². The summed E-state index contributed by atoms with van der Waals surface area (Å²) >= 11 is 6.53. The Morgan fingerprint density at radius 1 is 1.25 bits per heavy atom. The van der Waals surface area contributed by atoms with E-state index in [2.05, 4.69) is 31.4 Å². The molecule has 2 amide bonds. The number of methoxy groups -OCH3 is 1. The van der Waals surface area contributed by atoms with E-state index in [0.29, 0.717) is 34.4 Å². The van der Waals surface area contributed by atoms with E-state index in [4.69, 9.17) is 37.0 Å². The van der Waals surface area contributed by atoms with E-state index in [-0.39, 0.29) is 22.3 Å². The molecule has 1 atom stereocenters. The van der Waals surface area contributed by atoms with Crippen LogP contribution in [-0.4, -0.2) is 73.6 Å². The van der Waals surface area contributed by atoms with Crippen molar-refractivity contribution in [2.45, 2.75) is 46.6 Å². The van der Waals surface area contributed by atoms with E-state index < -0.39 is 18.0 Å². The molecule has 1 unspecified atom stereocenters. The molecule has 2 aliphatic rings. The lowest BCUT2D eigenvalue weighted by atomic mass is 9.85. The van der Waals surface area contributed by atoms with Crippen LogP contribution in [0.5, 0.6) is 17.4 Å². The molecule has 1 spiro atoms. The van der Waals surface area contributed by atoms with Crippen LogP contribution in [0.3, 0.4) is 0 Å². The van der Waals surface area contributed by atoms with E-state index in [0.717, 1.165) is 44.8 Å². The molecule has 48 heavy (non-hydrogen) atoms. The van der Waals surface area contributed by atoms with Crippen molar-refractivity contribution in [1.29, 1.82) is 0 Å². The van der Waals surface area contributed by atoms with Crippen LogP contribution in [0.15, 0.2) is 59.5 Å². The summed E-state index contributed by atoms with van der Waals surface area (Å²) in [6.45, 7) is 12.9. The highest BCUT2D eigenvalue weighted by Crippen LogP contribution is 2.38. The maximum Gasteiger partial charge on any atom is 0.323 e. The van der Waals surface area contributed by atoms with Gasteiger partial charge in [-0.05, 0) is 63.1 Å². The van der Waals surface area contributed by atoms with Crippen LogP contribution >= 0.6 is 11.6 Å². The summed E-state index contributed by atoms with van der Waals surface area (Å²) in [4.78, 5) is 23.7. The first-order chi connectivity index (χ1) is 23.2. The highest BCUT2D eigenvalue weighted by atomic mass is 35.5. The highest BCUT2D eigenvalue weighted by Gasteiger charge is 2.43. The third kappa shape index (κ3) is 9.16. The van der Waals surface area contributed by atoms with Crippen molar-refractivity contribution in [1.82, 2.24) is 20.2 Å². The molecule has 2 saturated heterocycles. The molecule has 0 saturated carbocycles. The second kappa shape index (κ2) is 17.2. The molecule has 1 aromatic heterocycles. The van der Waals surface area contributed by atoms with Gasteiger partial charge in [0.2, 0.25) is 5.88 Å². The van der Waals surface area contributed by atoms with Gasteiger partial charge < -0.3 is 34.5 Å². The molecule has 0 aliphatic carbocycles. The number of carbonyl (C=O) groups excluding carboxylic acids is 1. The van der Waals surface area contributed by atoms with Gasteiger partial charge >= 0.3 is 6.03 Å². The SMILES string of the molecule is C#CC(/C=C(Cl)\C(=C/C)NC(=O)Nc1cc(C)ccc1F)Oc1ncnc2cc(OCCCN3CCC4(COC4)C3)c(OC)cc12.CC. The van der Waals surface area contributed by atoms with Crippen LogP contribution in [0.2, 0.25) is 0 Å². The number of benzene rings is 2. The summed E-state index contributed by atoms with van der Waals surface area (Å²) in [6.07, 6.45) is 11.3. The topological polar surface area (TPSA) is 107 Å². The molecular formula is C36H43ClFN5O5. The average Bonchev–Trinajstić information content (AvgIpc) is 3.53. The van der Waals surface area contributed by atoms with Crippen molar-refractivity contribution >= 4 is 34.2 Å². The third-order valence-corrected chi connectivity index (χ3v) is 8.29. The number of likely N-dealkylation sites (tertiary alicyclic amines) is 1. The van der Waals surface area contributed by atoms with Gasteiger partial charge in [-0.15, -0.1) is 6.42 Å². The fourth-order valence-electron chi connectivity index (χ4n) is 5.46. The Morgan fingerprint density at radius 3 is 2.71 bits per heavy atom. The molecule has 0 radical (unpaired) electrons. The summed E-state index contributed by atoms with van der Waals surface area (Å²) in [6, 6.07) is 7.26. The minimum absolute atomic E-state index is 0.0391. The molecular weight excluding hydrogens is 637 g/mol. The third-order valence-electron chi connectivity index (χ3n) is 7.96. The predicted octanol–water partition coefficient (Wildman–Crippen LogP) is 6.83. The molecule has 12 heteroatoms. The fraction of sp³-hybridized carbons (Fsp3) is 0.417. The van der Waals surface area contributed by atoms with Gasteiger partial charge in [-0.2, -0.15) is 0 Å². The van der Waals surface area contributed by atoms with E-state index in [1.165, 1.54) is 31.0 Å². The van der Waals surface area contributed by atoms with Crippen LogP contribution in [-0.2, 0) is 4.74 Å². The lowest BCUT2D eigenvalue weighted by Crippen LogP contribution is -2.44. The van der Waals surface area contributed by atoms with Crippen molar-refractivity contribution in [2.75, 3.05) is 51.9 Å². The average molecular weight is 680 g/mol. The standard InChI is InChI=1S/C34H37ClFN5O5.C2H6/c1-5-23(15-25(35)27(6-2)39-33(42)40-29-14-22(3)8-9-26(29)36)46-32-24-16-30(43-4)31(17-28(24)37-21-38-32)45-13-7-11-41-12-10-34(18-41)19-44-20-34;1-2/h1,6,8-9,14-17,21,23H,7,10-13,18-20H2,2-4H3,(H2,39,40,42);1-2H3/b25-15+,27-6+;. The Balaban J connectivity index is 0.00000255. The quantitative estimate of drug-likeness (QED) is 0.122. The number of anilines is 1. The number of amides is 2. The van der Waals surface area contributed by atoms with Crippen LogP contribution < -0.4 is 24.8 Å². The van der Waals surface area contributed by atoms with Gasteiger partial charge in [0.25, 0.3) is 0 Å². The first kappa shape index (κ1) is 36.5. The number of terminal acetylenes is 1. The Labute approximate surface area is 286 Å². The van der Waals surface area contributed by atoms with Gasteiger partial charge in [0.1, 0.15) is 12.1 Å². The minimum atomic E-state index is -0.960. The molecule has 10 nitrogen and oxygen atoms in total. The summed E-state index contributed by atoms with van der Waals surface area (Å²) in [7, 11) is 1.56. The van der Waals surface area contributed by atoms with Crippen LogP contribution in [0.1, 0.15) is 39.2 Å². The largest absolute Gasteiger partial charge is 0.493 e. The lowest BCUT2D eigenvalue weighted by Gasteiger charge is -2.37. The number of halogens is 2. The van der Waals surface area contributed by atoms with Gasteiger partial charge in [-0.1, -0.05) is 43.5 Å². The number of fused-ring (bicyclic) bond motifs is 1. The zero-order valence-electron chi connectivity index (χ0n) is 28.1. The lowest BCUT2D eigenvalue weighted by molar-refractivity contribution is -0.105. The number of aromatic nitrogens is 2. The number of rotatable bonds is 12. The van der Waals surface area contributed by atoms with Crippen molar-refractivity contribution in [3.05, 3.63) is 70.9 Å². The number of allylic oxidation sites excluding steroid dienone is 2. The maximum atomic E-state index is 14.1. The smallest absolute Gasteiger partial charge is 0.323 e. The molecule has 5 rings (SSSR count). The second-order valence-electron chi connectivity index (χ2n) is 11.4. The van der Waals surface area contributed by atoms with E-state index in [9.17, 15) is 9.18 Å². The Bertz CT molecular complexity index is 1690. The van der Waals surface area contributed by atoms with E-state index in [1.807, 2.05) is 13.8 Å². The highest BCUT2D eigenvalue weighted by molar-refractivity contribution is 6.32. The monoisotopic (exact) mass is 679 g/mol. The number of nitrogens with one attached hydrogen (secondary N) is 2. The van der Waals surface area contributed by atoms with Gasteiger partial charge in [0.15, 0.2) is 17.6 Å². The van der Waals surface area contributed by atoms with E-state index in [1.54, 1.807) is 45.2 Å². The fourth-order valence-corrected chi connectivity index (χ4v) is 5.73. The zero-order valence-corrected chi connectivity index (χ0v) is 28.8. The van der Waals surface area contributed by atoms with E-state index >= 15 is 0 Å². The number of ether oxygens (including phenoxy) is 4. The van der Waals surface area contributed by atoms with Crippen molar-refractivity contribution in [3.63, 3.8) is 0 Å². The summed E-state index contributed by atoms with van der Waals surface area (Å²) in [5.41, 5.74) is 2.02. The van der Waals surface area contributed by atoms with Gasteiger partial charge in [-0.25, -0.2) is 19.2 Å². The van der Waals surface area contributed by atoms with Crippen molar-refractivity contribution in [2.24, 2.45) is 5.41 Å². The molecule has 2 N–H and O–H groups in total. The zero-order chi connectivity index (χ0) is 34.7. The molecule has 2 aromatic carbocycles. The normalized spacial score (nSPS) is 16.3. The second-order valence-corrected chi connectivity index (χ2v) is 11.8. The predicted molar refractivity (Wildman–Crippen MR) is 186 cm³/mol. The summed E-state index contributed by atoms with van der Waals surface area (Å²) in [5.74, 6) is 3.24. The molecule has 2 aliphatic heterocycles. The number of urea groups is 1. The Kier molecular flexibility index (Phi) is 13.0. The first-order valence-electron chi connectivity index (χ1n) is 16.0. The molecule has 256 valence electrons. The Hall–Kier alpha value is -4.37. The van der Waals surface area contributed by atoms with Gasteiger partial charge in [-0.3, -0.25) is 0 Å². The Morgan fingerprint density at radius 2 is 2.04 bits per heavy atom. The first-order valence-corrected chi connectivity index (χ1v) is 16.4. The van der Waals surface area contributed by atoms with Crippen molar-refractivity contribution in [3.8, 4) is 29.7 Å².